The first-order valence-electron chi connectivity index (χ1n) is 7.90. The molecule has 1 saturated heterocycles. The fraction of sp³-hybridized carbons (Fsp3) is 0.375. The van der Waals surface area contributed by atoms with Crippen LogP contribution in [-0.2, 0) is 11.2 Å². The van der Waals surface area contributed by atoms with E-state index in [2.05, 4.69) is 21.3 Å². The normalized spacial score (nSPS) is 19.8. The van der Waals surface area contributed by atoms with E-state index in [1.54, 1.807) is 19.9 Å². The molecule has 1 aliphatic heterocycles. The summed E-state index contributed by atoms with van der Waals surface area (Å²) in [5.41, 5.74) is 8.40. The van der Waals surface area contributed by atoms with Gasteiger partial charge in [-0.15, -0.1) is 0 Å². The number of carbonyl (C=O) groups is 1. The number of nitro groups is 1. The minimum Gasteiger partial charge on any atom is -0.361 e. The number of aryl methyl sites for hydroxylation is 2. The Bertz CT molecular complexity index is 784. The van der Waals surface area contributed by atoms with Crippen molar-refractivity contribution in [2.45, 2.75) is 38.9 Å². The summed E-state index contributed by atoms with van der Waals surface area (Å²) in [4.78, 5) is 22.7. The third-order valence-corrected chi connectivity index (χ3v) is 4.24. The lowest BCUT2D eigenvalue weighted by Crippen LogP contribution is -2.44. The summed E-state index contributed by atoms with van der Waals surface area (Å²) in [6.07, 6.45) is 0.507. The number of hydrogen-bond acceptors (Lipinski definition) is 7. The van der Waals surface area contributed by atoms with Crippen molar-refractivity contribution in [1.29, 1.82) is 0 Å². The molecule has 2 aromatic rings. The first-order valence-corrected chi connectivity index (χ1v) is 7.90. The number of amides is 1. The lowest BCUT2D eigenvalue weighted by molar-refractivity contribution is -0.384. The van der Waals surface area contributed by atoms with E-state index in [4.69, 9.17) is 4.52 Å². The third-order valence-electron chi connectivity index (χ3n) is 4.24. The number of nitrogens with one attached hydrogen (secondary N) is 3. The Morgan fingerprint density at radius 2 is 2.24 bits per heavy atom. The highest BCUT2D eigenvalue weighted by molar-refractivity contribution is 5.79. The smallest absolute Gasteiger partial charge is 0.269 e. The standard InChI is InChI=1S/C16H19N5O4/c1-9-13(10(2)25-20-9)7-16(22)17-15-8-14(18-19-15)11-4-3-5-12(6-11)21(23)24/h3-6,14-15,18-19H,7-8H2,1-2H3,(H,17,22). The van der Waals surface area contributed by atoms with Gasteiger partial charge in [0.15, 0.2) is 0 Å². The molecule has 3 rings (SSSR count). The second kappa shape index (κ2) is 6.99. The van der Waals surface area contributed by atoms with Crippen LogP contribution in [0.2, 0.25) is 0 Å². The average molecular weight is 345 g/mol. The van der Waals surface area contributed by atoms with Crippen molar-refractivity contribution in [3.05, 3.63) is 57.0 Å². The van der Waals surface area contributed by atoms with Crippen LogP contribution in [0.4, 0.5) is 5.69 Å². The number of hydrogen-bond donors (Lipinski definition) is 3. The predicted molar refractivity (Wildman–Crippen MR) is 88.3 cm³/mol. The van der Waals surface area contributed by atoms with Crippen LogP contribution in [0.1, 0.15) is 35.0 Å². The molecular weight excluding hydrogens is 326 g/mol. The highest BCUT2D eigenvalue weighted by Gasteiger charge is 2.27. The highest BCUT2D eigenvalue weighted by Crippen LogP contribution is 2.24. The Morgan fingerprint density at radius 1 is 1.44 bits per heavy atom. The van der Waals surface area contributed by atoms with E-state index in [1.165, 1.54) is 12.1 Å². The first kappa shape index (κ1) is 17.1. The molecule has 9 heteroatoms. The molecule has 132 valence electrons. The van der Waals surface area contributed by atoms with Crippen molar-refractivity contribution in [2.75, 3.05) is 0 Å². The van der Waals surface area contributed by atoms with Gasteiger partial charge < -0.3 is 9.84 Å². The van der Waals surface area contributed by atoms with Gasteiger partial charge >= 0.3 is 0 Å². The number of non-ortho nitro benzene ring substituents is 1. The van der Waals surface area contributed by atoms with Gasteiger partial charge in [0.2, 0.25) is 5.91 Å². The first-order chi connectivity index (χ1) is 11.9. The van der Waals surface area contributed by atoms with Crippen LogP contribution in [0.3, 0.4) is 0 Å². The largest absolute Gasteiger partial charge is 0.361 e. The molecule has 1 aromatic carbocycles. The zero-order chi connectivity index (χ0) is 18.0. The van der Waals surface area contributed by atoms with E-state index in [0.717, 1.165) is 11.1 Å². The van der Waals surface area contributed by atoms with E-state index in [9.17, 15) is 14.9 Å². The summed E-state index contributed by atoms with van der Waals surface area (Å²) in [6.45, 7) is 3.57. The Morgan fingerprint density at radius 3 is 2.92 bits per heavy atom. The van der Waals surface area contributed by atoms with Gasteiger partial charge in [-0.1, -0.05) is 17.3 Å². The molecule has 25 heavy (non-hydrogen) atoms. The Hall–Kier alpha value is -2.78. The zero-order valence-corrected chi connectivity index (χ0v) is 13.9. The predicted octanol–water partition coefficient (Wildman–Crippen LogP) is 1.42. The number of carbonyl (C=O) groups excluding carboxylic acids is 1. The molecule has 1 fully saturated rings. The molecule has 1 amide bonds. The highest BCUT2D eigenvalue weighted by atomic mass is 16.6. The van der Waals surface area contributed by atoms with E-state index in [0.29, 0.717) is 17.9 Å². The van der Waals surface area contributed by atoms with E-state index in [1.807, 2.05) is 6.07 Å². The molecule has 0 bridgehead atoms. The summed E-state index contributed by atoms with van der Waals surface area (Å²) < 4.78 is 5.06. The number of benzene rings is 1. The van der Waals surface area contributed by atoms with Crippen LogP contribution in [0, 0.1) is 24.0 Å². The second-order valence-corrected chi connectivity index (χ2v) is 6.03. The monoisotopic (exact) mass is 345 g/mol. The van der Waals surface area contributed by atoms with Gasteiger partial charge in [0, 0.05) is 30.2 Å². The maximum atomic E-state index is 12.2. The molecule has 1 aliphatic rings. The SMILES string of the molecule is Cc1noc(C)c1CC(=O)NC1CC(c2cccc([N+](=O)[O-])c2)NN1. The van der Waals surface area contributed by atoms with Gasteiger partial charge in [-0.2, -0.15) is 0 Å². The van der Waals surface area contributed by atoms with Crippen LogP contribution in [0.25, 0.3) is 0 Å². The maximum Gasteiger partial charge on any atom is 0.269 e. The number of rotatable bonds is 5. The van der Waals surface area contributed by atoms with Crippen molar-refractivity contribution in [2.24, 2.45) is 0 Å². The van der Waals surface area contributed by atoms with Crippen molar-refractivity contribution in [1.82, 2.24) is 21.3 Å². The fourth-order valence-electron chi connectivity index (χ4n) is 2.88. The number of nitro benzene ring substituents is 1. The lowest BCUT2D eigenvalue weighted by Gasteiger charge is -2.12. The van der Waals surface area contributed by atoms with Gasteiger partial charge in [0.25, 0.3) is 5.69 Å². The fourth-order valence-corrected chi connectivity index (χ4v) is 2.88. The average Bonchev–Trinajstić information content (AvgIpc) is 3.17. The summed E-state index contributed by atoms with van der Waals surface area (Å²) in [7, 11) is 0. The molecule has 0 aliphatic carbocycles. The van der Waals surface area contributed by atoms with Gasteiger partial charge in [0.05, 0.1) is 23.2 Å². The molecule has 2 unspecified atom stereocenters. The van der Waals surface area contributed by atoms with Gasteiger partial charge in [-0.25, -0.2) is 10.9 Å². The molecule has 2 atom stereocenters. The quantitative estimate of drug-likeness (QED) is 0.553. The minimum atomic E-state index is -0.422. The third kappa shape index (κ3) is 3.83. The summed E-state index contributed by atoms with van der Waals surface area (Å²) in [5, 5.41) is 17.6. The van der Waals surface area contributed by atoms with Crippen molar-refractivity contribution in [3.63, 3.8) is 0 Å². The zero-order valence-electron chi connectivity index (χ0n) is 13.9. The Kier molecular flexibility index (Phi) is 4.77. The summed E-state index contributed by atoms with van der Waals surface area (Å²) in [6, 6.07) is 6.34. The number of aromatic nitrogens is 1. The van der Waals surface area contributed by atoms with E-state index in [-0.39, 0.29) is 30.2 Å². The van der Waals surface area contributed by atoms with Gasteiger partial charge in [0.1, 0.15) is 5.76 Å². The lowest BCUT2D eigenvalue weighted by atomic mass is 10.0. The number of nitrogens with zero attached hydrogens (tertiary/aromatic N) is 2. The minimum absolute atomic E-state index is 0.0465. The Labute approximate surface area is 143 Å². The van der Waals surface area contributed by atoms with Crippen molar-refractivity contribution in [3.8, 4) is 0 Å². The molecular formula is C16H19N5O4. The van der Waals surface area contributed by atoms with E-state index < -0.39 is 4.92 Å². The molecule has 0 radical (unpaired) electrons. The maximum absolute atomic E-state index is 12.2. The van der Waals surface area contributed by atoms with Crippen LogP contribution < -0.4 is 16.2 Å². The van der Waals surface area contributed by atoms with Crippen LogP contribution in [-0.4, -0.2) is 22.2 Å². The molecule has 3 N–H and O–H groups in total. The second-order valence-electron chi connectivity index (χ2n) is 6.03. The van der Waals surface area contributed by atoms with Crippen molar-refractivity contribution >= 4 is 11.6 Å². The number of hydrazine groups is 1. The molecule has 0 saturated carbocycles. The molecule has 0 spiro atoms. The summed E-state index contributed by atoms with van der Waals surface area (Å²) in [5.74, 6) is 0.494. The van der Waals surface area contributed by atoms with Crippen molar-refractivity contribution < 1.29 is 14.2 Å². The van der Waals surface area contributed by atoms with Crippen LogP contribution in [0.5, 0.6) is 0 Å². The topological polar surface area (TPSA) is 122 Å². The van der Waals surface area contributed by atoms with Crippen LogP contribution >= 0.6 is 0 Å². The molecule has 9 nitrogen and oxygen atoms in total. The van der Waals surface area contributed by atoms with E-state index >= 15 is 0 Å². The molecule has 1 aromatic heterocycles. The Balaban J connectivity index is 1.59. The van der Waals surface area contributed by atoms with Crippen LogP contribution in [0.15, 0.2) is 28.8 Å². The molecule has 2 heterocycles. The van der Waals surface area contributed by atoms with Gasteiger partial charge in [-0.05, 0) is 19.4 Å². The summed E-state index contributed by atoms with van der Waals surface area (Å²) >= 11 is 0. The van der Waals surface area contributed by atoms with Gasteiger partial charge in [-0.3, -0.25) is 14.9 Å².